The Hall–Kier alpha value is -2.77. The van der Waals surface area contributed by atoms with E-state index in [1.807, 2.05) is 0 Å². The van der Waals surface area contributed by atoms with Crippen molar-refractivity contribution in [3.8, 4) is 0 Å². The maximum Gasteiger partial charge on any atom is 0.179 e. The first-order chi connectivity index (χ1) is 17.4. The molecule has 0 nitrogen and oxygen atoms in total. The van der Waals surface area contributed by atoms with Gasteiger partial charge >= 0.3 is 0 Å². The molecule has 0 spiro atoms. The monoisotopic (exact) mass is 468 g/mol. The van der Waals surface area contributed by atoms with Crippen LogP contribution in [0, 0.1) is 0 Å². The van der Waals surface area contributed by atoms with E-state index in [1.54, 1.807) is 0 Å². The van der Waals surface area contributed by atoms with Crippen molar-refractivity contribution in [2.24, 2.45) is 0 Å². The van der Waals surface area contributed by atoms with Crippen LogP contribution in [0.4, 0.5) is 0 Å². The van der Waals surface area contributed by atoms with Gasteiger partial charge in [-0.05, 0) is 20.7 Å². The van der Waals surface area contributed by atoms with Gasteiger partial charge in [0.05, 0.1) is 0 Å². The highest BCUT2D eigenvalue weighted by Crippen LogP contribution is 2.20. The Labute approximate surface area is 213 Å². The van der Waals surface area contributed by atoms with Crippen LogP contribution in [0.1, 0.15) is 25.7 Å². The first kappa shape index (κ1) is 22.7. The quantitative estimate of drug-likeness (QED) is 0.296. The summed E-state index contributed by atoms with van der Waals surface area (Å²) in [5, 5.41) is 5.91. The predicted octanol–water partition coefficient (Wildman–Crippen LogP) is 4.06. The van der Waals surface area contributed by atoms with Crippen molar-refractivity contribution in [2.45, 2.75) is 51.0 Å². The third kappa shape index (κ3) is 4.25. The maximum atomic E-state index is 2.48. The second-order valence-corrected chi connectivity index (χ2v) is 14.5. The molecule has 0 saturated carbocycles. The van der Waals surface area contributed by atoms with Crippen molar-refractivity contribution in [3.05, 3.63) is 109 Å². The second kappa shape index (κ2) is 10.1. The van der Waals surface area contributed by atoms with E-state index in [1.165, 1.54) is 82.6 Å². The van der Waals surface area contributed by atoms with E-state index in [9.17, 15) is 0 Å². The standard InChI is InChI=1S/C32H34B2Si/c1-3-11-29(12-4-1)35(30-13-5-2-6-14-30,31-19-15-27(16-20-31)33-23-7-8-24-33)32-21-17-28(18-22-32)34-25-9-10-26-34/h1-6,11-22H,7-10,23-26H2. The maximum absolute atomic E-state index is 2.48. The molecule has 2 fully saturated rings. The summed E-state index contributed by atoms with van der Waals surface area (Å²) < 4.78 is 0. The molecule has 6 rings (SSSR count). The lowest BCUT2D eigenvalue weighted by molar-refractivity contribution is 0.935. The van der Waals surface area contributed by atoms with Crippen LogP contribution in [0.3, 0.4) is 0 Å². The molecule has 0 N–H and O–H groups in total. The van der Waals surface area contributed by atoms with Gasteiger partial charge in [0.25, 0.3) is 0 Å². The highest BCUT2D eigenvalue weighted by molar-refractivity contribution is 7.20. The summed E-state index contributed by atoms with van der Waals surface area (Å²) in [6, 6.07) is 42.4. The van der Waals surface area contributed by atoms with E-state index >= 15 is 0 Å². The molecule has 4 aromatic carbocycles. The lowest BCUT2D eigenvalue weighted by Gasteiger charge is -2.35. The van der Waals surface area contributed by atoms with Crippen molar-refractivity contribution in [1.29, 1.82) is 0 Å². The smallest absolute Gasteiger partial charge is 0.0801 e. The lowest BCUT2D eigenvalue weighted by Crippen LogP contribution is -2.75. The van der Waals surface area contributed by atoms with Crippen LogP contribution in [0.5, 0.6) is 0 Å². The van der Waals surface area contributed by atoms with Crippen molar-refractivity contribution >= 4 is 53.2 Å². The van der Waals surface area contributed by atoms with E-state index < -0.39 is 8.07 Å². The van der Waals surface area contributed by atoms with Crippen LogP contribution in [-0.4, -0.2) is 21.5 Å². The average molecular weight is 468 g/mol. The van der Waals surface area contributed by atoms with Crippen molar-refractivity contribution < 1.29 is 0 Å². The van der Waals surface area contributed by atoms with Crippen LogP contribution in [0.2, 0.25) is 25.3 Å². The largest absolute Gasteiger partial charge is 0.179 e. The molecule has 0 unspecified atom stereocenters. The minimum absolute atomic E-state index is 0.749. The van der Waals surface area contributed by atoms with Crippen molar-refractivity contribution in [3.63, 3.8) is 0 Å². The van der Waals surface area contributed by atoms with Crippen LogP contribution in [0.25, 0.3) is 0 Å². The van der Waals surface area contributed by atoms with E-state index in [2.05, 4.69) is 109 Å². The number of benzene rings is 4. The molecule has 0 bridgehead atoms. The molecule has 172 valence electrons. The van der Waals surface area contributed by atoms with Gasteiger partial charge in [-0.1, -0.05) is 171 Å². The van der Waals surface area contributed by atoms with Gasteiger partial charge in [0.2, 0.25) is 0 Å². The zero-order chi connectivity index (χ0) is 23.5. The molecule has 0 aromatic heterocycles. The molecule has 0 aliphatic carbocycles. The first-order valence-corrected chi connectivity index (χ1v) is 15.7. The minimum Gasteiger partial charge on any atom is -0.0801 e. The SMILES string of the molecule is c1ccc([Si](c2ccccc2)(c2ccc(B3CCCC3)cc2)c2ccc(B3CCCC3)cc2)cc1. The summed E-state index contributed by atoms with van der Waals surface area (Å²) in [7, 11) is -2.42. The summed E-state index contributed by atoms with van der Waals surface area (Å²) in [6.45, 7) is 1.50. The Balaban J connectivity index is 1.53. The molecule has 0 atom stereocenters. The molecule has 0 radical (unpaired) electrons. The number of hydrogen-bond donors (Lipinski definition) is 0. The molecular weight excluding hydrogens is 434 g/mol. The summed E-state index contributed by atoms with van der Waals surface area (Å²) in [5.74, 6) is 0. The molecule has 2 saturated heterocycles. The number of rotatable bonds is 6. The zero-order valence-corrected chi connectivity index (χ0v) is 21.7. The molecule has 35 heavy (non-hydrogen) atoms. The Morgan fingerprint density at radius 1 is 0.371 bits per heavy atom. The van der Waals surface area contributed by atoms with Gasteiger partial charge in [-0.25, -0.2) is 0 Å². The fourth-order valence-electron chi connectivity index (χ4n) is 6.91. The molecule has 3 heteroatoms. The highest BCUT2D eigenvalue weighted by Gasteiger charge is 2.41. The summed E-state index contributed by atoms with van der Waals surface area (Å²) in [6.07, 6.45) is 10.9. The summed E-state index contributed by atoms with van der Waals surface area (Å²) >= 11 is 0. The van der Waals surface area contributed by atoms with Crippen LogP contribution >= 0.6 is 0 Å². The molecule has 2 heterocycles. The lowest BCUT2D eigenvalue weighted by atomic mass is 9.44. The fraction of sp³-hybridized carbons (Fsp3) is 0.250. The molecular formula is C32H34B2Si. The average Bonchev–Trinajstić information content (AvgIpc) is 3.67. The van der Waals surface area contributed by atoms with Crippen LogP contribution in [0.15, 0.2) is 109 Å². The van der Waals surface area contributed by atoms with Gasteiger partial charge in [0.1, 0.15) is 0 Å². The van der Waals surface area contributed by atoms with Crippen molar-refractivity contribution in [2.75, 3.05) is 0 Å². The molecule has 2 aliphatic heterocycles. The van der Waals surface area contributed by atoms with Gasteiger partial charge in [-0.15, -0.1) is 0 Å². The predicted molar refractivity (Wildman–Crippen MR) is 159 cm³/mol. The van der Waals surface area contributed by atoms with Gasteiger partial charge in [-0.2, -0.15) is 0 Å². The molecule has 0 amide bonds. The van der Waals surface area contributed by atoms with Gasteiger partial charge in [0, 0.05) is 0 Å². The van der Waals surface area contributed by atoms with Crippen LogP contribution < -0.4 is 31.7 Å². The molecule has 2 aliphatic rings. The summed E-state index contributed by atoms with van der Waals surface area (Å²) in [4.78, 5) is 0. The van der Waals surface area contributed by atoms with Crippen LogP contribution in [-0.2, 0) is 0 Å². The highest BCUT2D eigenvalue weighted by atomic mass is 28.3. The Morgan fingerprint density at radius 2 is 0.686 bits per heavy atom. The fourth-order valence-corrected chi connectivity index (χ4v) is 11.6. The van der Waals surface area contributed by atoms with Gasteiger partial charge < -0.3 is 0 Å². The van der Waals surface area contributed by atoms with E-state index in [0.717, 1.165) is 13.4 Å². The van der Waals surface area contributed by atoms with Gasteiger partial charge in [0.15, 0.2) is 21.5 Å². The van der Waals surface area contributed by atoms with E-state index in [-0.39, 0.29) is 0 Å². The van der Waals surface area contributed by atoms with Gasteiger partial charge in [-0.3, -0.25) is 0 Å². The Bertz CT molecular complexity index is 1120. The normalized spacial score (nSPS) is 16.1. The van der Waals surface area contributed by atoms with E-state index in [4.69, 9.17) is 0 Å². The third-order valence-electron chi connectivity index (χ3n) is 8.75. The number of hydrogen-bond acceptors (Lipinski definition) is 0. The minimum atomic E-state index is -2.42. The first-order valence-electron chi connectivity index (χ1n) is 13.7. The Kier molecular flexibility index (Phi) is 6.52. The second-order valence-electron chi connectivity index (χ2n) is 10.7. The molecule has 4 aromatic rings. The summed E-state index contributed by atoms with van der Waals surface area (Å²) in [5.41, 5.74) is 3.07. The Morgan fingerprint density at radius 3 is 1.03 bits per heavy atom. The van der Waals surface area contributed by atoms with Crippen molar-refractivity contribution in [1.82, 2.24) is 0 Å². The topological polar surface area (TPSA) is 0 Å². The third-order valence-corrected chi connectivity index (χ3v) is 13.6. The van der Waals surface area contributed by atoms with E-state index in [0.29, 0.717) is 0 Å². The zero-order valence-electron chi connectivity index (χ0n) is 20.7.